The van der Waals surface area contributed by atoms with Crippen molar-refractivity contribution in [3.8, 4) is 0 Å². The van der Waals surface area contributed by atoms with E-state index >= 15 is 0 Å². The molecule has 0 aliphatic carbocycles. The van der Waals surface area contributed by atoms with Crippen molar-refractivity contribution < 1.29 is 37.1 Å². The van der Waals surface area contributed by atoms with Crippen molar-refractivity contribution in [2.24, 2.45) is 5.92 Å². The second-order valence-corrected chi connectivity index (χ2v) is 7.97. The first-order valence-corrected chi connectivity index (χ1v) is 10.1. The van der Waals surface area contributed by atoms with Crippen molar-refractivity contribution in [1.82, 2.24) is 4.90 Å². The fourth-order valence-corrected chi connectivity index (χ4v) is 3.51. The molecule has 0 fully saturated rings. The van der Waals surface area contributed by atoms with Gasteiger partial charge in [0.2, 0.25) is 0 Å². The van der Waals surface area contributed by atoms with Crippen LogP contribution in [0.5, 0.6) is 0 Å². The van der Waals surface area contributed by atoms with Crippen LogP contribution in [0.25, 0.3) is 0 Å². The molecule has 0 unspecified atom stereocenters. The summed E-state index contributed by atoms with van der Waals surface area (Å²) in [6, 6.07) is 7.17. The molecule has 0 radical (unpaired) electrons. The van der Waals surface area contributed by atoms with Gasteiger partial charge in [-0.05, 0) is 36.2 Å². The molecular formula is C22H18ClF3N2O5. The molecule has 0 aromatic heterocycles. The van der Waals surface area contributed by atoms with E-state index < -0.39 is 54.0 Å². The minimum absolute atomic E-state index is 0.145. The molecule has 0 bridgehead atoms. The summed E-state index contributed by atoms with van der Waals surface area (Å²) in [6.45, 7) is 2.33. The summed E-state index contributed by atoms with van der Waals surface area (Å²) in [5.41, 5.74) is -1.03. The number of ether oxygens (including phenoxy) is 1. The minimum atomic E-state index is -4.65. The van der Waals surface area contributed by atoms with Crippen molar-refractivity contribution in [2.75, 3.05) is 11.9 Å². The fourth-order valence-electron chi connectivity index (χ4n) is 3.34. The normalized spacial score (nSPS) is 14.3. The lowest BCUT2D eigenvalue weighted by Gasteiger charge is -2.27. The van der Waals surface area contributed by atoms with Crippen LogP contribution >= 0.6 is 11.6 Å². The van der Waals surface area contributed by atoms with Gasteiger partial charge >= 0.3 is 12.1 Å². The summed E-state index contributed by atoms with van der Waals surface area (Å²) >= 11 is 5.84. The van der Waals surface area contributed by atoms with Crippen molar-refractivity contribution in [3.63, 3.8) is 0 Å². The molecule has 0 saturated heterocycles. The van der Waals surface area contributed by atoms with Crippen molar-refractivity contribution >= 4 is 41.0 Å². The zero-order valence-corrected chi connectivity index (χ0v) is 18.2. The highest BCUT2D eigenvalue weighted by Gasteiger charge is 2.44. The molecule has 1 aliphatic heterocycles. The monoisotopic (exact) mass is 482 g/mol. The van der Waals surface area contributed by atoms with Crippen LogP contribution < -0.4 is 5.32 Å². The van der Waals surface area contributed by atoms with Crippen LogP contribution in [-0.2, 0) is 20.5 Å². The fraction of sp³-hybridized carbons (Fsp3) is 0.273. The van der Waals surface area contributed by atoms with E-state index in [2.05, 4.69) is 5.32 Å². The summed E-state index contributed by atoms with van der Waals surface area (Å²) < 4.78 is 43.6. The van der Waals surface area contributed by atoms with Crippen LogP contribution in [0.4, 0.5) is 18.9 Å². The molecular weight excluding hydrogens is 465 g/mol. The highest BCUT2D eigenvalue weighted by atomic mass is 35.5. The number of rotatable bonds is 6. The number of carbonyl (C=O) groups is 4. The van der Waals surface area contributed by atoms with Gasteiger partial charge in [-0.25, -0.2) is 4.79 Å². The van der Waals surface area contributed by atoms with E-state index in [1.54, 1.807) is 26.0 Å². The first kappa shape index (κ1) is 24.2. The first-order chi connectivity index (χ1) is 15.4. The number of imide groups is 1. The van der Waals surface area contributed by atoms with Crippen LogP contribution in [0.15, 0.2) is 42.5 Å². The van der Waals surface area contributed by atoms with Crippen molar-refractivity contribution in [3.05, 3.63) is 64.2 Å². The standard InChI is InChI=1S/C22H18ClF3N2O5/c1-11(2)18(28-19(30)13-5-3-4-6-14(13)20(28)31)21(32)33-10-17(29)27-16-9-12(22(24,25)26)7-8-15(16)23/h3-9,11,18H,10H2,1-2H3,(H,27,29)/t18-/m1/s1. The molecule has 0 spiro atoms. The highest BCUT2D eigenvalue weighted by molar-refractivity contribution is 6.33. The number of halogens is 4. The Kier molecular flexibility index (Phi) is 6.78. The van der Waals surface area contributed by atoms with Gasteiger partial charge in [0, 0.05) is 0 Å². The Morgan fingerprint density at radius 3 is 2.15 bits per heavy atom. The summed E-state index contributed by atoms with van der Waals surface area (Å²) in [7, 11) is 0. The van der Waals surface area contributed by atoms with E-state index in [1.807, 2.05) is 0 Å². The van der Waals surface area contributed by atoms with E-state index in [1.165, 1.54) is 12.1 Å². The maximum atomic E-state index is 12.9. The summed E-state index contributed by atoms with van der Waals surface area (Å²) in [6.07, 6.45) is -4.65. The molecule has 2 aromatic carbocycles. The quantitative estimate of drug-likeness (QED) is 0.493. The van der Waals surface area contributed by atoms with Gasteiger partial charge < -0.3 is 10.1 Å². The van der Waals surface area contributed by atoms with Crippen LogP contribution in [0.3, 0.4) is 0 Å². The maximum absolute atomic E-state index is 12.9. The number of hydrogen-bond donors (Lipinski definition) is 1. The molecule has 1 heterocycles. The number of carbonyl (C=O) groups excluding carboxylic acids is 4. The molecule has 1 aliphatic rings. The molecule has 1 atom stereocenters. The Hall–Kier alpha value is -3.40. The average molecular weight is 483 g/mol. The van der Waals surface area contributed by atoms with E-state index in [4.69, 9.17) is 16.3 Å². The van der Waals surface area contributed by atoms with Gasteiger partial charge in [-0.3, -0.25) is 19.3 Å². The molecule has 7 nitrogen and oxygen atoms in total. The third kappa shape index (κ3) is 5.00. The first-order valence-electron chi connectivity index (χ1n) is 9.72. The van der Waals surface area contributed by atoms with Gasteiger partial charge in [-0.15, -0.1) is 0 Å². The molecule has 2 aromatic rings. The largest absolute Gasteiger partial charge is 0.454 e. The minimum Gasteiger partial charge on any atom is -0.454 e. The Balaban J connectivity index is 1.70. The summed E-state index contributed by atoms with van der Waals surface area (Å²) in [4.78, 5) is 51.1. The third-order valence-electron chi connectivity index (χ3n) is 4.89. The number of anilines is 1. The van der Waals surface area contributed by atoms with Crippen LogP contribution in [0, 0.1) is 5.92 Å². The topological polar surface area (TPSA) is 92.8 Å². The number of benzene rings is 2. The molecule has 0 saturated carbocycles. The number of nitrogens with one attached hydrogen (secondary N) is 1. The predicted octanol–water partition coefficient (Wildman–Crippen LogP) is 4.16. The molecule has 33 heavy (non-hydrogen) atoms. The smallest absolute Gasteiger partial charge is 0.416 e. The lowest BCUT2D eigenvalue weighted by molar-refractivity contribution is -0.152. The van der Waals surface area contributed by atoms with E-state index in [9.17, 15) is 32.3 Å². The second kappa shape index (κ2) is 9.22. The average Bonchev–Trinajstić information content (AvgIpc) is 2.98. The molecule has 174 valence electrons. The van der Waals surface area contributed by atoms with Crippen LogP contribution in [0.2, 0.25) is 5.02 Å². The molecule has 3 amide bonds. The van der Waals surface area contributed by atoms with Crippen molar-refractivity contribution in [2.45, 2.75) is 26.1 Å². The summed E-state index contributed by atoms with van der Waals surface area (Å²) in [5, 5.41) is 2.01. The van der Waals surface area contributed by atoms with Gasteiger partial charge in [-0.2, -0.15) is 13.2 Å². The van der Waals surface area contributed by atoms with Gasteiger partial charge in [-0.1, -0.05) is 37.6 Å². The predicted molar refractivity (Wildman–Crippen MR) is 112 cm³/mol. The number of fused-ring (bicyclic) bond motifs is 1. The van der Waals surface area contributed by atoms with Gasteiger partial charge in [0.05, 0.1) is 27.4 Å². The number of hydrogen-bond acceptors (Lipinski definition) is 5. The lowest BCUT2D eigenvalue weighted by atomic mass is 10.0. The molecule has 1 N–H and O–H groups in total. The Bertz CT molecular complexity index is 1100. The third-order valence-corrected chi connectivity index (χ3v) is 5.22. The van der Waals surface area contributed by atoms with Gasteiger partial charge in [0.25, 0.3) is 17.7 Å². The lowest BCUT2D eigenvalue weighted by Crippen LogP contribution is -2.49. The highest BCUT2D eigenvalue weighted by Crippen LogP contribution is 2.34. The van der Waals surface area contributed by atoms with Crippen molar-refractivity contribution in [1.29, 1.82) is 0 Å². The van der Waals surface area contributed by atoms with E-state index in [-0.39, 0.29) is 21.8 Å². The SMILES string of the molecule is CC(C)[C@H](C(=O)OCC(=O)Nc1cc(C(F)(F)F)ccc1Cl)N1C(=O)c2ccccc2C1=O. The number of amides is 3. The Labute approximate surface area is 191 Å². The number of alkyl halides is 3. The van der Waals surface area contributed by atoms with Gasteiger partial charge in [0.1, 0.15) is 6.04 Å². The maximum Gasteiger partial charge on any atom is 0.416 e. The molecule has 3 rings (SSSR count). The second-order valence-electron chi connectivity index (χ2n) is 7.56. The van der Waals surface area contributed by atoms with E-state index in [0.717, 1.165) is 17.0 Å². The van der Waals surface area contributed by atoms with Gasteiger partial charge in [0.15, 0.2) is 6.61 Å². The summed E-state index contributed by atoms with van der Waals surface area (Å²) in [5.74, 6) is -3.82. The zero-order valence-electron chi connectivity index (χ0n) is 17.4. The number of esters is 1. The van der Waals surface area contributed by atoms with Crippen LogP contribution in [0.1, 0.15) is 40.1 Å². The van der Waals surface area contributed by atoms with E-state index in [0.29, 0.717) is 6.07 Å². The Morgan fingerprint density at radius 1 is 1.06 bits per heavy atom. The zero-order chi connectivity index (χ0) is 24.5. The number of nitrogens with zero attached hydrogens (tertiary/aromatic N) is 1. The molecule has 11 heteroatoms. The van der Waals surface area contributed by atoms with Crippen LogP contribution in [-0.4, -0.2) is 41.2 Å². The Morgan fingerprint density at radius 2 is 1.64 bits per heavy atom.